The third kappa shape index (κ3) is 3.08. The molecule has 1 aromatic carbocycles. The first kappa shape index (κ1) is 14.5. The van der Waals surface area contributed by atoms with Crippen LogP contribution in [0.2, 0.25) is 0 Å². The molecule has 0 saturated carbocycles. The Kier molecular flexibility index (Phi) is 3.56. The highest BCUT2D eigenvalue weighted by Crippen LogP contribution is 2.18. The van der Waals surface area contributed by atoms with Crippen molar-refractivity contribution in [3.8, 4) is 0 Å². The minimum atomic E-state index is -0.127. The zero-order valence-corrected chi connectivity index (χ0v) is 13.1. The van der Waals surface area contributed by atoms with Gasteiger partial charge < -0.3 is 9.55 Å². The Morgan fingerprint density at radius 3 is 2.59 bits per heavy atom. The summed E-state index contributed by atoms with van der Waals surface area (Å²) in [5, 5.41) is 0. The molecule has 0 fully saturated rings. The van der Waals surface area contributed by atoms with E-state index in [2.05, 4.69) is 35.7 Å². The molecule has 0 aliphatic heterocycles. The summed E-state index contributed by atoms with van der Waals surface area (Å²) in [5.74, 6) is 0.690. The molecule has 5 nitrogen and oxygen atoms in total. The predicted molar refractivity (Wildman–Crippen MR) is 86.9 cm³/mol. The van der Waals surface area contributed by atoms with E-state index in [4.69, 9.17) is 0 Å². The second-order valence-electron chi connectivity index (χ2n) is 6.78. The molecule has 0 radical (unpaired) electrons. The lowest BCUT2D eigenvalue weighted by Crippen LogP contribution is -2.19. The van der Waals surface area contributed by atoms with Gasteiger partial charge in [-0.15, -0.1) is 0 Å². The number of nitrogens with one attached hydrogen (secondary N) is 1. The lowest BCUT2D eigenvalue weighted by Gasteiger charge is -2.16. The Morgan fingerprint density at radius 2 is 1.91 bits per heavy atom. The number of nitrogens with zero attached hydrogens (tertiary/aromatic N) is 3. The number of H-pyrrole nitrogens is 1. The van der Waals surface area contributed by atoms with Crippen LogP contribution in [0.25, 0.3) is 11.2 Å². The fraction of sp³-hybridized carbons (Fsp3) is 0.353. The van der Waals surface area contributed by atoms with E-state index in [-0.39, 0.29) is 11.0 Å². The summed E-state index contributed by atoms with van der Waals surface area (Å²) in [6, 6.07) is 10.0. The Morgan fingerprint density at radius 1 is 1.18 bits per heavy atom. The summed E-state index contributed by atoms with van der Waals surface area (Å²) in [6.45, 7) is 6.96. The molecule has 0 aliphatic carbocycles. The van der Waals surface area contributed by atoms with Crippen LogP contribution in [0, 0.1) is 5.41 Å². The largest absolute Gasteiger partial charge is 0.320 e. The first-order valence-corrected chi connectivity index (χ1v) is 7.40. The minimum Gasteiger partial charge on any atom is -0.320 e. The molecule has 114 valence electrons. The Labute approximate surface area is 129 Å². The fourth-order valence-electron chi connectivity index (χ4n) is 2.52. The van der Waals surface area contributed by atoms with Gasteiger partial charge in [-0.25, -0.2) is 9.97 Å². The van der Waals surface area contributed by atoms with Crippen molar-refractivity contribution in [3.63, 3.8) is 0 Å². The van der Waals surface area contributed by atoms with Gasteiger partial charge in [0.25, 0.3) is 5.56 Å². The molecule has 0 aliphatic rings. The quantitative estimate of drug-likeness (QED) is 0.808. The first-order chi connectivity index (χ1) is 10.4. The number of imidazole rings is 1. The molecule has 0 bridgehead atoms. The van der Waals surface area contributed by atoms with Crippen LogP contribution in [0.3, 0.4) is 0 Å². The second-order valence-corrected chi connectivity index (χ2v) is 6.78. The van der Waals surface area contributed by atoms with Gasteiger partial charge in [0.05, 0.1) is 6.33 Å². The predicted octanol–water partition coefficient (Wildman–Crippen LogP) is 2.76. The zero-order valence-electron chi connectivity index (χ0n) is 13.1. The van der Waals surface area contributed by atoms with E-state index in [1.54, 1.807) is 6.33 Å². The van der Waals surface area contributed by atoms with Crippen LogP contribution in [0.5, 0.6) is 0 Å². The van der Waals surface area contributed by atoms with Crippen molar-refractivity contribution < 1.29 is 0 Å². The van der Waals surface area contributed by atoms with Crippen LogP contribution in [0.15, 0.2) is 41.5 Å². The highest BCUT2D eigenvalue weighted by atomic mass is 16.1. The van der Waals surface area contributed by atoms with Gasteiger partial charge in [0, 0.05) is 13.0 Å². The molecule has 2 heterocycles. The number of hydrogen-bond donors (Lipinski definition) is 1. The van der Waals surface area contributed by atoms with Crippen molar-refractivity contribution in [3.05, 3.63) is 58.4 Å². The van der Waals surface area contributed by atoms with Gasteiger partial charge in [-0.2, -0.15) is 0 Å². The smallest absolute Gasteiger partial charge is 0.277 e. The minimum absolute atomic E-state index is 0.0657. The maximum Gasteiger partial charge on any atom is 0.277 e. The van der Waals surface area contributed by atoms with E-state index in [1.807, 2.05) is 34.9 Å². The van der Waals surface area contributed by atoms with Gasteiger partial charge in [0.15, 0.2) is 11.2 Å². The lowest BCUT2D eigenvalue weighted by atomic mass is 9.92. The topological polar surface area (TPSA) is 63.6 Å². The van der Waals surface area contributed by atoms with Crippen LogP contribution in [-0.4, -0.2) is 19.5 Å². The number of benzene rings is 1. The number of aromatic nitrogens is 4. The third-order valence-electron chi connectivity index (χ3n) is 3.43. The van der Waals surface area contributed by atoms with E-state index in [0.29, 0.717) is 30.0 Å². The highest BCUT2D eigenvalue weighted by Gasteiger charge is 2.16. The molecular formula is C17H20N4O. The maximum absolute atomic E-state index is 12.4. The molecular weight excluding hydrogens is 276 g/mol. The lowest BCUT2D eigenvalue weighted by molar-refractivity contribution is 0.400. The van der Waals surface area contributed by atoms with Crippen molar-refractivity contribution in [2.45, 2.75) is 33.7 Å². The van der Waals surface area contributed by atoms with Gasteiger partial charge in [0.1, 0.15) is 5.82 Å². The summed E-state index contributed by atoms with van der Waals surface area (Å²) in [7, 11) is 0. The van der Waals surface area contributed by atoms with Gasteiger partial charge in [-0.1, -0.05) is 51.1 Å². The average Bonchev–Trinajstić information content (AvgIpc) is 2.81. The molecule has 0 spiro atoms. The van der Waals surface area contributed by atoms with E-state index >= 15 is 0 Å². The molecule has 3 aromatic rings. The number of fused-ring (bicyclic) bond motifs is 1. The van der Waals surface area contributed by atoms with E-state index in [9.17, 15) is 4.79 Å². The molecule has 0 atom stereocenters. The summed E-state index contributed by atoms with van der Waals surface area (Å²) >= 11 is 0. The average molecular weight is 296 g/mol. The van der Waals surface area contributed by atoms with Crippen molar-refractivity contribution in [2.24, 2.45) is 5.41 Å². The van der Waals surface area contributed by atoms with Crippen LogP contribution < -0.4 is 5.56 Å². The SMILES string of the molecule is CC(C)(C)Cc1nc2ncn(Cc3ccccc3)c2c(=O)[nH]1. The monoisotopic (exact) mass is 296 g/mol. The maximum atomic E-state index is 12.4. The summed E-state index contributed by atoms with van der Waals surface area (Å²) in [4.78, 5) is 24.1. The fourth-order valence-corrected chi connectivity index (χ4v) is 2.52. The van der Waals surface area contributed by atoms with E-state index in [1.165, 1.54) is 0 Å². The highest BCUT2D eigenvalue weighted by molar-refractivity contribution is 5.69. The summed E-state index contributed by atoms with van der Waals surface area (Å²) < 4.78 is 1.84. The first-order valence-electron chi connectivity index (χ1n) is 7.40. The Hall–Kier alpha value is -2.43. The molecule has 3 rings (SSSR count). The van der Waals surface area contributed by atoms with Crippen LogP contribution in [0.1, 0.15) is 32.2 Å². The van der Waals surface area contributed by atoms with Crippen molar-refractivity contribution in [2.75, 3.05) is 0 Å². The van der Waals surface area contributed by atoms with Crippen LogP contribution in [0.4, 0.5) is 0 Å². The summed E-state index contributed by atoms with van der Waals surface area (Å²) in [6.07, 6.45) is 2.39. The summed E-state index contributed by atoms with van der Waals surface area (Å²) in [5.41, 5.74) is 2.11. The molecule has 2 aromatic heterocycles. The van der Waals surface area contributed by atoms with Gasteiger partial charge in [-0.3, -0.25) is 4.79 Å². The second kappa shape index (κ2) is 5.40. The Bertz CT molecular complexity index is 840. The van der Waals surface area contributed by atoms with Gasteiger partial charge >= 0.3 is 0 Å². The standard InChI is InChI=1S/C17H20N4O/c1-17(2,3)9-13-19-15-14(16(22)20-13)21(11-18-15)10-12-7-5-4-6-8-12/h4-8,11H,9-10H2,1-3H3,(H,19,20,22). The van der Waals surface area contributed by atoms with Gasteiger partial charge in [0.2, 0.25) is 0 Å². The van der Waals surface area contributed by atoms with E-state index < -0.39 is 0 Å². The van der Waals surface area contributed by atoms with Crippen molar-refractivity contribution in [1.29, 1.82) is 0 Å². The normalized spacial score (nSPS) is 12.0. The number of rotatable bonds is 3. The van der Waals surface area contributed by atoms with Crippen LogP contribution >= 0.6 is 0 Å². The number of hydrogen-bond acceptors (Lipinski definition) is 3. The molecule has 22 heavy (non-hydrogen) atoms. The van der Waals surface area contributed by atoms with Gasteiger partial charge in [-0.05, 0) is 11.0 Å². The number of aromatic amines is 1. The zero-order chi connectivity index (χ0) is 15.7. The molecule has 5 heteroatoms. The molecule has 1 N–H and O–H groups in total. The Balaban J connectivity index is 2.00. The molecule has 0 saturated heterocycles. The van der Waals surface area contributed by atoms with Crippen LogP contribution in [-0.2, 0) is 13.0 Å². The third-order valence-corrected chi connectivity index (χ3v) is 3.43. The molecule has 0 unspecified atom stereocenters. The van der Waals surface area contributed by atoms with E-state index in [0.717, 1.165) is 5.56 Å². The van der Waals surface area contributed by atoms with Crippen molar-refractivity contribution >= 4 is 11.2 Å². The molecule has 0 amide bonds. The van der Waals surface area contributed by atoms with Crippen molar-refractivity contribution in [1.82, 2.24) is 19.5 Å².